The van der Waals surface area contributed by atoms with Crippen molar-refractivity contribution >= 4 is 11.9 Å². The molecule has 9 atom stereocenters. The Labute approximate surface area is 225 Å². The molecule has 1 fully saturated rings. The van der Waals surface area contributed by atoms with Crippen molar-refractivity contribution in [1.29, 1.82) is 0 Å². The molecule has 0 heterocycles. The maximum Gasteiger partial charge on any atom is 1.00 e. The molecule has 0 amide bonds. The van der Waals surface area contributed by atoms with Gasteiger partial charge in [0.15, 0.2) is 0 Å². The van der Waals surface area contributed by atoms with Crippen molar-refractivity contribution < 1.29 is 69.4 Å². The third kappa shape index (κ3) is 7.76. The normalized spacial score (nSPS) is 33.1. The second kappa shape index (κ2) is 13.2. The summed E-state index contributed by atoms with van der Waals surface area (Å²) in [6, 6.07) is 0. The maximum absolute atomic E-state index is 12.9. The van der Waals surface area contributed by atoms with Crippen molar-refractivity contribution in [3.63, 3.8) is 0 Å². The molecule has 1 saturated carbocycles. The first-order chi connectivity index (χ1) is 15.3. The van der Waals surface area contributed by atoms with Crippen LogP contribution in [-0.2, 0) is 14.3 Å². The Bertz CT molecular complexity index is 724. The summed E-state index contributed by atoms with van der Waals surface area (Å²) in [6.07, 6.45) is -1.16. The van der Waals surface area contributed by atoms with Gasteiger partial charge in [-0.2, -0.15) is 0 Å². The van der Waals surface area contributed by atoms with Gasteiger partial charge in [-0.15, -0.1) is 0 Å². The van der Waals surface area contributed by atoms with Crippen molar-refractivity contribution in [2.24, 2.45) is 29.1 Å². The van der Waals surface area contributed by atoms with E-state index >= 15 is 0 Å². The van der Waals surface area contributed by atoms with Gasteiger partial charge in [0.1, 0.15) is 6.10 Å². The number of ether oxygens (including phenoxy) is 1. The van der Waals surface area contributed by atoms with Crippen molar-refractivity contribution in [1.82, 2.24) is 0 Å². The number of aliphatic carboxylic acids is 1. The topological polar surface area (TPSA) is 147 Å². The predicted octanol–water partition coefficient (Wildman–Crippen LogP) is -2.06. The van der Waals surface area contributed by atoms with Crippen LogP contribution < -0.4 is 34.7 Å². The van der Waals surface area contributed by atoms with E-state index < -0.39 is 48.3 Å². The van der Waals surface area contributed by atoms with E-state index in [0.717, 1.165) is 0 Å². The summed E-state index contributed by atoms with van der Waals surface area (Å²) in [6.45, 7) is 9.41. The van der Waals surface area contributed by atoms with E-state index in [0.29, 0.717) is 24.8 Å². The second-order valence-corrected chi connectivity index (χ2v) is 10.7. The van der Waals surface area contributed by atoms with Gasteiger partial charge in [-0.1, -0.05) is 26.8 Å². The molecule has 0 saturated heterocycles. The first-order valence-corrected chi connectivity index (χ1v) is 12.1. The fourth-order valence-electron chi connectivity index (χ4n) is 5.14. The van der Waals surface area contributed by atoms with Crippen LogP contribution in [0, 0.1) is 29.1 Å². The first kappa shape index (κ1) is 31.5. The van der Waals surface area contributed by atoms with E-state index in [9.17, 15) is 35.1 Å². The number of rotatable bonds is 10. The third-order valence-corrected chi connectivity index (χ3v) is 7.78. The number of aliphatic hydroxyl groups excluding tert-OH is 4. The summed E-state index contributed by atoms with van der Waals surface area (Å²) in [7, 11) is 0. The van der Waals surface area contributed by atoms with Crippen LogP contribution in [0.1, 0.15) is 73.1 Å². The summed E-state index contributed by atoms with van der Waals surface area (Å²) in [5, 5.41) is 52.4. The van der Waals surface area contributed by atoms with E-state index in [1.54, 1.807) is 6.08 Å². The average molecular weight is 493 g/mol. The number of carboxylic acids is 1. The van der Waals surface area contributed by atoms with Crippen LogP contribution in [0.15, 0.2) is 11.6 Å². The zero-order valence-electron chi connectivity index (χ0n) is 21.4. The molecule has 8 nitrogen and oxygen atoms in total. The van der Waals surface area contributed by atoms with Gasteiger partial charge in [-0.25, -0.2) is 0 Å². The zero-order valence-corrected chi connectivity index (χ0v) is 23.4. The van der Waals surface area contributed by atoms with Gasteiger partial charge >= 0.3 is 35.5 Å². The molecule has 0 aliphatic heterocycles. The monoisotopic (exact) mass is 492 g/mol. The van der Waals surface area contributed by atoms with Crippen LogP contribution >= 0.6 is 0 Å². The number of aliphatic hydroxyl groups is 4. The molecule has 0 aromatic rings. The van der Waals surface area contributed by atoms with Crippen LogP contribution in [0.2, 0.25) is 0 Å². The van der Waals surface area contributed by atoms with Crippen LogP contribution in [0.3, 0.4) is 0 Å². The zero-order chi connectivity index (χ0) is 25.1. The molecule has 2 aliphatic carbocycles. The minimum Gasteiger partial charge on any atom is -0.550 e. The van der Waals surface area contributed by atoms with Crippen LogP contribution in [0.25, 0.3) is 0 Å². The standard InChI is InChI=1S/C25H42O8.Na/c1-6-25(4,5)24(32)33-20-9-13(2)23(31)18-12-19(28)14(3)17(22(18)20)8-7-15(26)10-16(27)11-21(29)30;/h12-17,19-20,22-23,26-28,31H,6-11H2,1-5H3,(H,29,30);/q;+1/p-1/t13-,14-,15-,16-,17+,19-,20+,22-,23+;/m1./s1. The van der Waals surface area contributed by atoms with Gasteiger partial charge in [-0.05, 0) is 69.3 Å². The SMILES string of the molecule is CCC(C)(C)C(=O)O[C@H]1C[C@@H](C)[C@H](O)C2=C[C@@H](O)[C@H](C)[C@H](CC[C@@H](O)C[C@@H](O)CC(=O)[O-])[C@H]21.[Na+]. The van der Waals surface area contributed by atoms with Gasteiger partial charge in [0, 0.05) is 18.3 Å². The van der Waals surface area contributed by atoms with Gasteiger partial charge < -0.3 is 35.1 Å². The molecular formula is C25H41NaO8. The number of hydrogen-bond acceptors (Lipinski definition) is 8. The molecular weight excluding hydrogens is 451 g/mol. The van der Waals surface area contributed by atoms with E-state index in [1.165, 1.54) is 0 Å². The number of fused-ring (bicyclic) bond motifs is 1. The van der Waals surface area contributed by atoms with Crippen molar-refractivity contribution in [2.45, 2.75) is 104 Å². The Kier molecular flexibility index (Phi) is 12.2. The smallest absolute Gasteiger partial charge is 0.550 e. The van der Waals surface area contributed by atoms with E-state index in [2.05, 4.69) is 0 Å². The molecule has 2 rings (SSSR count). The Balaban J connectivity index is 0.00000578. The van der Waals surface area contributed by atoms with E-state index in [1.807, 2.05) is 34.6 Å². The van der Waals surface area contributed by atoms with Crippen LogP contribution in [-0.4, -0.2) is 62.9 Å². The van der Waals surface area contributed by atoms with Crippen molar-refractivity contribution in [3.8, 4) is 0 Å². The minimum atomic E-state index is -1.38. The van der Waals surface area contributed by atoms with Crippen molar-refractivity contribution in [3.05, 3.63) is 11.6 Å². The average Bonchev–Trinajstić information content (AvgIpc) is 2.71. The fourth-order valence-corrected chi connectivity index (χ4v) is 5.14. The van der Waals surface area contributed by atoms with Gasteiger partial charge in [0.25, 0.3) is 0 Å². The molecule has 0 unspecified atom stereocenters. The summed E-state index contributed by atoms with van der Waals surface area (Å²) >= 11 is 0. The van der Waals surface area contributed by atoms with Crippen LogP contribution in [0.4, 0.5) is 0 Å². The molecule has 34 heavy (non-hydrogen) atoms. The first-order valence-electron chi connectivity index (χ1n) is 12.1. The maximum atomic E-state index is 12.9. The molecule has 190 valence electrons. The molecule has 9 heteroatoms. The van der Waals surface area contributed by atoms with E-state index in [-0.39, 0.29) is 72.0 Å². The summed E-state index contributed by atoms with van der Waals surface area (Å²) in [5.41, 5.74) is 0.0482. The Morgan fingerprint density at radius 1 is 1.21 bits per heavy atom. The summed E-state index contributed by atoms with van der Waals surface area (Å²) in [4.78, 5) is 23.5. The number of carbonyl (C=O) groups is 2. The fraction of sp³-hybridized carbons (Fsp3) is 0.840. The molecule has 0 bridgehead atoms. The van der Waals surface area contributed by atoms with Gasteiger partial charge in [-0.3, -0.25) is 4.79 Å². The predicted molar refractivity (Wildman–Crippen MR) is 119 cm³/mol. The van der Waals surface area contributed by atoms with Gasteiger partial charge in [0.05, 0.1) is 29.8 Å². The van der Waals surface area contributed by atoms with Crippen LogP contribution in [0.5, 0.6) is 0 Å². The largest absolute Gasteiger partial charge is 1.00 e. The Hall–Kier alpha value is -0.480. The Morgan fingerprint density at radius 2 is 1.82 bits per heavy atom. The summed E-state index contributed by atoms with van der Waals surface area (Å²) in [5.74, 6) is -2.45. The Morgan fingerprint density at radius 3 is 2.38 bits per heavy atom. The minimum absolute atomic E-state index is 0. The number of hydrogen-bond donors (Lipinski definition) is 4. The third-order valence-electron chi connectivity index (χ3n) is 7.78. The second-order valence-electron chi connectivity index (χ2n) is 10.7. The number of esters is 1. The molecule has 0 radical (unpaired) electrons. The number of carboxylic acid groups (broad SMARTS) is 1. The molecule has 0 aromatic carbocycles. The summed E-state index contributed by atoms with van der Waals surface area (Å²) < 4.78 is 6.02. The van der Waals surface area contributed by atoms with Gasteiger partial charge in [0.2, 0.25) is 0 Å². The molecule has 4 N–H and O–H groups in total. The number of carbonyl (C=O) groups excluding carboxylic acids is 2. The van der Waals surface area contributed by atoms with Crippen molar-refractivity contribution in [2.75, 3.05) is 0 Å². The molecule has 0 spiro atoms. The molecule has 0 aromatic heterocycles. The van der Waals surface area contributed by atoms with E-state index in [4.69, 9.17) is 4.74 Å². The quantitative estimate of drug-likeness (QED) is 0.155. The molecule has 2 aliphatic rings.